The number of hydrogen-bond donors (Lipinski definition) is 1. The third-order valence-electron chi connectivity index (χ3n) is 7.74. The number of benzene rings is 2. The molecule has 6 rings (SSSR count). The summed E-state index contributed by atoms with van der Waals surface area (Å²) in [5.41, 5.74) is 2.70. The van der Waals surface area contributed by atoms with Gasteiger partial charge in [-0.05, 0) is 67.6 Å². The predicted molar refractivity (Wildman–Crippen MR) is 141 cm³/mol. The number of nitrogens with zero attached hydrogens (tertiary/aromatic N) is 1. The Hall–Kier alpha value is -3.23. The van der Waals surface area contributed by atoms with E-state index in [1.54, 1.807) is 24.3 Å². The zero-order chi connectivity index (χ0) is 25.5. The minimum Gasteiger partial charge on any atom is -0.454 e. The molecular weight excluding hydrogens is 488 g/mol. The number of nitrogens with one attached hydrogen (secondary N) is 1. The van der Waals surface area contributed by atoms with Gasteiger partial charge in [-0.1, -0.05) is 43.5 Å². The van der Waals surface area contributed by atoms with Crippen LogP contribution < -0.4 is 14.2 Å². The summed E-state index contributed by atoms with van der Waals surface area (Å²) in [6, 6.07) is 18.2. The number of sulfonamides is 1. The lowest BCUT2D eigenvalue weighted by molar-refractivity contribution is -0.120. The number of carbonyl (C=O) groups is 1. The lowest BCUT2D eigenvalue weighted by atomic mass is 9.88. The Morgan fingerprint density at radius 1 is 0.973 bits per heavy atom. The van der Waals surface area contributed by atoms with Gasteiger partial charge in [-0.15, -0.1) is 0 Å². The molecule has 37 heavy (non-hydrogen) atoms. The van der Waals surface area contributed by atoms with Gasteiger partial charge in [0.25, 0.3) is 0 Å². The second-order valence-electron chi connectivity index (χ2n) is 10.2. The molecule has 0 atom stereocenters. The van der Waals surface area contributed by atoms with Crippen molar-refractivity contribution in [1.29, 1.82) is 0 Å². The summed E-state index contributed by atoms with van der Waals surface area (Å²) in [4.78, 5) is 18.4. The normalized spacial score (nSPS) is 18.5. The van der Waals surface area contributed by atoms with Crippen molar-refractivity contribution in [2.24, 2.45) is 0 Å². The molecule has 1 N–H and O–H groups in total. The summed E-state index contributed by atoms with van der Waals surface area (Å²) in [7, 11) is -3.55. The Morgan fingerprint density at radius 2 is 1.73 bits per heavy atom. The molecule has 0 spiro atoms. The molecule has 2 fully saturated rings. The van der Waals surface area contributed by atoms with Crippen LogP contribution in [0.3, 0.4) is 0 Å². The lowest BCUT2D eigenvalue weighted by Crippen LogP contribution is -2.36. The van der Waals surface area contributed by atoms with E-state index in [1.807, 2.05) is 36.4 Å². The highest BCUT2D eigenvalue weighted by Crippen LogP contribution is 2.51. The standard InChI is InChI=1S/C29H30N2O5S.H2/c32-28(29(15-16-29)21-11-14-26-27(17-21)36-19-35-26)18-23-7-4-8-25(30-23)20-9-12-24(13-10-20)37(33,34)31-22-5-2-1-3-6-22;/h4,7-14,17,22,31H,1-3,5-6,15-16,18-19H2;1H. The summed E-state index contributed by atoms with van der Waals surface area (Å²) < 4.78 is 39.4. The van der Waals surface area contributed by atoms with Crippen LogP contribution in [0.4, 0.5) is 0 Å². The fraction of sp³-hybridized carbons (Fsp3) is 0.379. The first-order chi connectivity index (χ1) is 17.9. The van der Waals surface area contributed by atoms with Crippen LogP contribution in [0.25, 0.3) is 11.3 Å². The van der Waals surface area contributed by atoms with Crippen LogP contribution in [0.1, 0.15) is 57.6 Å². The highest BCUT2D eigenvalue weighted by atomic mass is 32.2. The van der Waals surface area contributed by atoms with Crippen LogP contribution in [0.2, 0.25) is 0 Å². The molecule has 2 aliphatic carbocycles. The third kappa shape index (κ3) is 4.88. The summed E-state index contributed by atoms with van der Waals surface area (Å²) >= 11 is 0. The second-order valence-corrected chi connectivity index (χ2v) is 12.0. The van der Waals surface area contributed by atoms with Gasteiger partial charge >= 0.3 is 0 Å². The van der Waals surface area contributed by atoms with Gasteiger partial charge in [0.05, 0.1) is 16.0 Å². The van der Waals surface area contributed by atoms with Crippen molar-refractivity contribution in [2.45, 2.75) is 67.7 Å². The molecular formula is C29H32N2O5S. The number of aromatic nitrogens is 1. The number of pyridine rings is 1. The largest absolute Gasteiger partial charge is 0.454 e. The van der Waals surface area contributed by atoms with Crippen molar-refractivity contribution in [1.82, 2.24) is 9.71 Å². The third-order valence-corrected chi connectivity index (χ3v) is 9.28. The molecule has 3 aliphatic rings. The number of ketones is 1. The molecule has 1 aliphatic heterocycles. The van der Waals surface area contributed by atoms with Gasteiger partial charge in [0.2, 0.25) is 16.8 Å². The van der Waals surface area contributed by atoms with E-state index in [0.29, 0.717) is 22.9 Å². The van der Waals surface area contributed by atoms with Gasteiger partial charge in [-0.3, -0.25) is 9.78 Å². The Bertz CT molecular complexity index is 1430. The fourth-order valence-corrected chi connectivity index (χ4v) is 6.74. The molecule has 0 amide bonds. The van der Waals surface area contributed by atoms with Gasteiger partial charge in [0.15, 0.2) is 11.5 Å². The minimum atomic E-state index is -3.55. The molecule has 194 valence electrons. The molecule has 2 aromatic carbocycles. The van der Waals surface area contributed by atoms with E-state index < -0.39 is 15.4 Å². The fourth-order valence-electron chi connectivity index (χ4n) is 5.43. The number of fused-ring (bicyclic) bond motifs is 1. The van der Waals surface area contributed by atoms with E-state index >= 15 is 0 Å². The maximum atomic E-state index is 13.4. The molecule has 0 radical (unpaired) electrons. The van der Waals surface area contributed by atoms with Crippen LogP contribution >= 0.6 is 0 Å². The number of carbonyl (C=O) groups excluding carboxylic acids is 1. The van der Waals surface area contributed by atoms with E-state index in [-0.39, 0.29) is 31.4 Å². The Kier molecular flexibility index (Phi) is 6.24. The Balaban J connectivity index is 0.00000294. The first-order valence-corrected chi connectivity index (χ1v) is 14.4. The maximum absolute atomic E-state index is 13.4. The average molecular weight is 521 g/mol. The van der Waals surface area contributed by atoms with Crippen molar-refractivity contribution >= 4 is 15.8 Å². The molecule has 2 saturated carbocycles. The monoisotopic (exact) mass is 520 g/mol. The van der Waals surface area contributed by atoms with Gasteiger partial charge < -0.3 is 9.47 Å². The molecule has 0 saturated heterocycles. The highest BCUT2D eigenvalue weighted by molar-refractivity contribution is 7.89. The first-order valence-electron chi connectivity index (χ1n) is 13.0. The number of rotatable bonds is 8. The smallest absolute Gasteiger partial charge is 0.240 e. The van der Waals surface area contributed by atoms with Gasteiger partial charge in [-0.25, -0.2) is 13.1 Å². The molecule has 0 unspecified atom stereocenters. The Labute approximate surface area is 218 Å². The quantitative estimate of drug-likeness (QED) is 0.440. The maximum Gasteiger partial charge on any atom is 0.240 e. The van der Waals surface area contributed by atoms with Crippen molar-refractivity contribution in [3.63, 3.8) is 0 Å². The number of hydrogen-bond acceptors (Lipinski definition) is 6. The van der Waals surface area contributed by atoms with Crippen molar-refractivity contribution < 1.29 is 24.1 Å². The van der Waals surface area contributed by atoms with E-state index in [9.17, 15) is 13.2 Å². The predicted octanol–water partition coefficient (Wildman–Crippen LogP) is 5.18. The molecule has 7 nitrogen and oxygen atoms in total. The van der Waals surface area contributed by atoms with Crippen LogP contribution in [-0.4, -0.2) is 32.0 Å². The van der Waals surface area contributed by atoms with Gasteiger partial charge in [0.1, 0.15) is 5.78 Å². The van der Waals surface area contributed by atoms with Gasteiger partial charge in [-0.2, -0.15) is 0 Å². The number of Topliss-reactive ketones (excluding diaryl/α,β-unsaturated/α-hetero) is 1. The minimum absolute atomic E-state index is 0. The van der Waals surface area contributed by atoms with Crippen molar-refractivity contribution in [2.75, 3.05) is 6.79 Å². The number of ether oxygens (including phenoxy) is 2. The van der Waals surface area contributed by atoms with Crippen molar-refractivity contribution in [3.05, 3.63) is 71.9 Å². The van der Waals surface area contributed by atoms with Gasteiger partial charge in [0, 0.05) is 25.1 Å². The van der Waals surface area contributed by atoms with E-state index in [2.05, 4.69) is 4.72 Å². The average Bonchev–Trinajstić information content (AvgIpc) is 3.60. The highest BCUT2D eigenvalue weighted by Gasteiger charge is 2.51. The van der Waals surface area contributed by atoms with Crippen LogP contribution in [0.5, 0.6) is 11.5 Å². The van der Waals surface area contributed by atoms with E-state index in [1.165, 1.54) is 6.42 Å². The molecule has 2 heterocycles. The SMILES string of the molecule is O=C(Cc1cccc(-c2ccc(S(=O)(=O)NC3CCCCC3)cc2)n1)C1(c2ccc3c(c2)OCO3)CC1.[HH]. The second kappa shape index (κ2) is 9.58. The zero-order valence-electron chi connectivity index (χ0n) is 20.6. The van der Waals surface area contributed by atoms with Crippen molar-refractivity contribution in [3.8, 4) is 22.8 Å². The van der Waals surface area contributed by atoms with Crippen LogP contribution in [-0.2, 0) is 26.7 Å². The molecule has 8 heteroatoms. The zero-order valence-corrected chi connectivity index (χ0v) is 21.4. The summed E-state index contributed by atoms with van der Waals surface area (Å²) in [5, 5.41) is 0. The molecule has 1 aromatic heterocycles. The van der Waals surface area contributed by atoms with E-state index in [0.717, 1.165) is 49.7 Å². The lowest BCUT2D eigenvalue weighted by Gasteiger charge is -2.22. The molecule has 3 aromatic rings. The summed E-state index contributed by atoms with van der Waals surface area (Å²) in [5.74, 6) is 1.55. The summed E-state index contributed by atoms with van der Waals surface area (Å²) in [6.07, 6.45) is 6.95. The molecule has 0 bridgehead atoms. The van der Waals surface area contributed by atoms with Crippen LogP contribution in [0, 0.1) is 0 Å². The van der Waals surface area contributed by atoms with E-state index in [4.69, 9.17) is 14.5 Å². The first kappa shape index (κ1) is 24.1. The van der Waals surface area contributed by atoms with Crippen LogP contribution in [0.15, 0.2) is 65.6 Å². The Morgan fingerprint density at radius 3 is 2.49 bits per heavy atom. The summed E-state index contributed by atoms with van der Waals surface area (Å²) in [6.45, 7) is 0.209. The topological polar surface area (TPSA) is 94.6 Å².